The molecule has 0 saturated heterocycles. The van der Waals surface area contributed by atoms with E-state index in [-0.39, 0.29) is 0 Å². The van der Waals surface area contributed by atoms with Crippen LogP contribution in [0.4, 0.5) is 0 Å². The number of rotatable bonds is 5. The average molecular weight is 434 g/mol. The highest BCUT2D eigenvalue weighted by molar-refractivity contribution is 14.1. The number of aromatic nitrogens is 2. The minimum absolute atomic E-state index is 1.07. The monoisotopic (exact) mass is 434 g/mol. The van der Waals surface area contributed by atoms with Gasteiger partial charge in [-0.2, -0.15) is 0 Å². The van der Waals surface area contributed by atoms with Crippen LogP contribution in [-0.2, 0) is 38.5 Å². The van der Waals surface area contributed by atoms with E-state index in [1.807, 2.05) is 6.20 Å². The van der Waals surface area contributed by atoms with Gasteiger partial charge in [-0.3, -0.25) is 9.97 Å². The topological polar surface area (TPSA) is 25.8 Å². The first-order valence-electron chi connectivity index (χ1n) is 9.29. The fraction of sp³-hybridized carbons (Fsp3) is 0.524. The Balaban J connectivity index is 1.94. The molecule has 0 bridgehead atoms. The van der Waals surface area contributed by atoms with Gasteiger partial charge in [-0.25, -0.2) is 0 Å². The molecule has 1 aliphatic rings. The first-order valence-corrected chi connectivity index (χ1v) is 10.8. The third kappa shape index (κ3) is 4.16. The molecule has 2 heterocycles. The zero-order valence-corrected chi connectivity index (χ0v) is 16.8. The minimum Gasteiger partial charge on any atom is -0.264 e. The Hall–Kier alpha value is -0.970. The Kier molecular flexibility index (Phi) is 6.64. The second-order valence-electron chi connectivity index (χ2n) is 6.73. The van der Waals surface area contributed by atoms with Crippen LogP contribution in [0.25, 0.3) is 0 Å². The van der Waals surface area contributed by atoms with Gasteiger partial charge in [0.05, 0.1) is 0 Å². The second-order valence-corrected chi connectivity index (χ2v) is 7.81. The molecule has 0 amide bonds. The molecule has 3 rings (SSSR count). The molecule has 0 atom stereocenters. The number of fused-ring (bicyclic) bond motifs is 2. The predicted molar refractivity (Wildman–Crippen MR) is 109 cm³/mol. The maximum Gasteiger partial charge on any atom is 0.0441 e. The van der Waals surface area contributed by atoms with E-state index < -0.39 is 0 Å². The van der Waals surface area contributed by atoms with Crippen molar-refractivity contribution in [3.05, 3.63) is 58.2 Å². The third-order valence-electron chi connectivity index (χ3n) is 5.13. The molecule has 0 N–H and O–H groups in total. The van der Waals surface area contributed by atoms with Crippen molar-refractivity contribution in [2.24, 2.45) is 0 Å². The van der Waals surface area contributed by atoms with Crippen molar-refractivity contribution in [2.45, 2.75) is 64.7 Å². The van der Waals surface area contributed by atoms with Crippen molar-refractivity contribution < 1.29 is 0 Å². The molecule has 128 valence electrons. The standard InChI is InChI=1S/C21H27IN2/c1-2-3-6-19-18(10-12-22)15-24-21-9-8-16-11-13-23-14-17(16)5-4-7-20(19)21/h11,13-15H,2-10,12H2,1H3. The Bertz CT molecular complexity index is 682. The van der Waals surface area contributed by atoms with Crippen LogP contribution in [0.15, 0.2) is 24.7 Å². The quantitative estimate of drug-likeness (QED) is 0.485. The molecule has 24 heavy (non-hydrogen) atoms. The van der Waals surface area contributed by atoms with Gasteiger partial charge < -0.3 is 0 Å². The normalized spacial score (nSPS) is 14.2. The predicted octanol–water partition coefficient (Wildman–Crippen LogP) is 5.07. The Morgan fingerprint density at radius 2 is 1.96 bits per heavy atom. The lowest BCUT2D eigenvalue weighted by atomic mass is 9.91. The summed E-state index contributed by atoms with van der Waals surface area (Å²) in [6.07, 6.45) is 16.8. The number of aryl methyl sites for hydroxylation is 4. The smallest absolute Gasteiger partial charge is 0.0441 e. The summed E-state index contributed by atoms with van der Waals surface area (Å²) in [5.74, 6) is 0. The molecule has 2 nitrogen and oxygen atoms in total. The van der Waals surface area contributed by atoms with Gasteiger partial charge in [-0.1, -0.05) is 35.9 Å². The maximum atomic E-state index is 4.90. The summed E-state index contributed by atoms with van der Waals surface area (Å²) in [5, 5.41) is 0. The van der Waals surface area contributed by atoms with Gasteiger partial charge >= 0.3 is 0 Å². The molecule has 0 unspecified atom stereocenters. The molecule has 1 aliphatic carbocycles. The highest BCUT2D eigenvalue weighted by Gasteiger charge is 2.17. The zero-order valence-electron chi connectivity index (χ0n) is 14.7. The van der Waals surface area contributed by atoms with Crippen LogP contribution in [0.1, 0.15) is 59.7 Å². The molecule has 3 heteroatoms. The van der Waals surface area contributed by atoms with Crippen molar-refractivity contribution in [1.82, 2.24) is 9.97 Å². The van der Waals surface area contributed by atoms with Crippen LogP contribution >= 0.6 is 22.6 Å². The van der Waals surface area contributed by atoms with Crippen LogP contribution in [0.2, 0.25) is 0 Å². The van der Waals surface area contributed by atoms with E-state index in [2.05, 4.69) is 53.0 Å². The highest BCUT2D eigenvalue weighted by atomic mass is 127. The Morgan fingerprint density at radius 3 is 2.79 bits per heavy atom. The Morgan fingerprint density at radius 1 is 1.04 bits per heavy atom. The van der Waals surface area contributed by atoms with E-state index in [0.717, 1.165) is 25.7 Å². The molecular formula is C21H27IN2. The molecular weight excluding hydrogens is 407 g/mol. The van der Waals surface area contributed by atoms with Gasteiger partial charge in [-0.15, -0.1) is 0 Å². The van der Waals surface area contributed by atoms with Gasteiger partial charge in [0.25, 0.3) is 0 Å². The van der Waals surface area contributed by atoms with Crippen molar-refractivity contribution in [3.63, 3.8) is 0 Å². The molecule has 2 aromatic rings. The lowest BCUT2D eigenvalue weighted by molar-refractivity contribution is 0.747. The molecule has 0 spiro atoms. The molecule has 0 aromatic carbocycles. The summed E-state index contributed by atoms with van der Waals surface area (Å²) in [5.41, 5.74) is 8.95. The van der Waals surface area contributed by atoms with Crippen molar-refractivity contribution >= 4 is 22.6 Å². The van der Waals surface area contributed by atoms with Crippen LogP contribution in [0, 0.1) is 0 Å². The van der Waals surface area contributed by atoms with E-state index in [4.69, 9.17) is 4.98 Å². The SMILES string of the molecule is CCCCc1c(CCI)cnc2c1CCCc1cnccc1CC2. The summed E-state index contributed by atoms with van der Waals surface area (Å²) in [7, 11) is 0. The van der Waals surface area contributed by atoms with Crippen molar-refractivity contribution in [3.8, 4) is 0 Å². The molecule has 0 fully saturated rings. The summed E-state index contributed by atoms with van der Waals surface area (Å²) < 4.78 is 1.18. The van der Waals surface area contributed by atoms with E-state index in [1.54, 1.807) is 11.1 Å². The molecule has 2 aromatic heterocycles. The largest absolute Gasteiger partial charge is 0.264 e. The summed E-state index contributed by atoms with van der Waals surface area (Å²) in [6.45, 7) is 2.29. The van der Waals surface area contributed by atoms with Gasteiger partial charge in [0.15, 0.2) is 0 Å². The van der Waals surface area contributed by atoms with Crippen LogP contribution in [0.3, 0.4) is 0 Å². The van der Waals surface area contributed by atoms with Gasteiger partial charge in [-0.05, 0) is 85.3 Å². The van der Waals surface area contributed by atoms with E-state index in [0.29, 0.717) is 0 Å². The lowest BCUT2D eigenvalue weighted by Gasteiger charge is -2.17. The lowest BCUT2D eigenvalue weighted by Crippen LogP contribution is -2.09. The highest BCUT2D eigenvalue weighted by Crippen LogP contribution is 2.26. The van der Waals surface area contributed by atoms with Gasteiger partial charge in [0, 0.05) is 28.7 Å². The summed E-state index contributed by atoms with van der Waals surface area (Å²) in [4.78, 5) is 9.23. The van der Waals surface area contributed by atoms with Crippen LogP contribution in [0.5, 0.6) is 0 Å². The Labute approximate surface area is 159 Å². The number of unbranched alkanes of at least 4 members (excludes halogenated alkanes) is 1. The number of nitrogens with zero attached hydrogens (tertiary/aromatic N) is 2. The van der Waals surface area contributed by atoms with Crippen molar-refractivity contribution in [1.29, 1.82) is 0 Å². The van der Waals surface area contributed by atoms with Crippen molar-refractivity contribution in [2.75, 3.05) is 4.43 Å². The van der Waals surface area contributed by atoms with Gasteiger partial charge in [0.2, 0.25) is 0 Å². The summed E-state index contributed by atoms with van der Waals surface area (Å²) >= 11 is 2.49. The molecule has 0 radical (unpaired) electrons. The summed E-state index contributed by atoms with van der Waals surface area (Å²) in [6, 6.07) is 2.20. The molecule has 0 saturated carbocycles. The first-order chi connectivity index (χ1) is 11.8. The maximum absolute atomic E-state index is 4.90. The van der Waals surface area contributed by atoms with Crippen LogP contribution < -0.4 is 0 Å². The van der Waals surface area contributed by atoms with E-state index in [1.165, 1.54) is 58.9 Å². The number of alkyl halides is 1. The number of pyridine rings is 2. The number of hydrogen-bond acceptors (Lipinski definition) is 2. The van der Waals surface area contributed by atoms with Crippen LogP contribution in [-0.4, -0.2) is 14.4 Å². The number of hydrogen-bond donors (Lipinski definition) is 0. The second kappa shape index (κ2) is 8.93. The number of halogens is 1. The minimum atomic E-state index is 1.07. The average Bonchev–Trinajstić information content (AvgIpc) is 2.69. The zero-order chi connectivity index (χ0) is 16.8. The molecule has 0 aliphatic heterocycles. The fourth-order valence-electron chi connectivity index (χ4n) is 3.81. The fourth-order valence-corrected chi connectivity index (χ4v) is 4.39. The van der Waals surface area contributed by atoms with E-state index >= 15 is 0 Å². The van der Waals surface area contributed by atoms with Gasteiger partial charge in [0.1, 0.15) is 0 Å². The first kappa shape index (κ1) is 17.8. The third-order valence-corrected chi connectivity index (χ3v) is 5.67. The van der Waals surface area contributed by atoms with E-state index in [9.17, 15) is 0 Å².